The SMILES string of the molecule is CCCCCCc1ccc2c(c1)P(c1cc(CCCCCC)cc3c1Oc1c(P4c5cc(CCCCCC)ccc5Oc5ccc(CCCCCC)cc54)cc(CCCCCC)cc1C3(C)C)c1cc(CCCCCC)ccc1O2. The van der Waals surface area contributed by atoms with Crippen LogP contribution in [0.1, 0.15) is 254 Å². The Morgan fingerprint density at radius 1 is 0.275 bits per heavy atom. The third-order valence-electron chi connectivity index (χ3n) is 17.7. The molecule has 6 aromatic carbocycles. The molecule has 5 heteroatoms. The highest BCUT2D eigenvalue weighted by molar-refractivity contribution is 7.81. The second kappa shape index (κ2) is 29.7. The second-order valence-corrected chi connectivity index (χ2v) is 28.9. The lowest BCUT2D eigenvalue weighted by Gasteiger charge is -2.40. The van der Waals surface area contributed by atoms with Crippen molar-refractivity contribution < 1.29 is 14.2 Å². The van der Waals surface area contributed by atoms with E-state index in [0.29, 0.717) is 0 Å². The molecule has 0 radical (unpaired) electrons. The van der Waals surface area contributed by atoms with E-state index in [1.165, 1.54) is 230 Å². The minimum absolute atomic E-state index is 0.337. The number of fused-ring (bicyclic) bond motifs is 6. The van der Waals surface area contributed by atoms with Gasteiger partial charge in [-0.05, 0) is 187 Å². The number of hydrogen-bond donors (Lipinski definition) is 0. The van der Waals surface area contributed by atoms with Gasteiger partial charge in [-0.3, -0.25) is 0 Å². The van der Waals surface area contributed by atoms with Crippen LogP contribution >= 0.6 is 15.8 Å². The van der Waals surface area contributed by atoms with E-state index >= 15 is 0 Å². The lowest BCUT2D eigenvalue weighted by atomic mass is 9.74. The molecule has 0 fully saturated rings. The van der Waals surface area contributed by atoms with E-state index in [4.69, 9.17) is 14.2 Å². The average Bonchev–Trinajstić information content (AvgIpc) is 3.66. The van der Waals surface area contributed by atoms with E-state index < -0.39 is 15.8 Å². The zero-order chi connectivity index (χ0) is 55.8. The van der Waals surface area contributed by atoms with Gasteiger partial charge in [0.05, 0.1) is 0 Å². The summed E-state index contributed by atoms with van der Waals surface area (Å²) < 4.78 is 22.3. The quantitative estimate of drug-likeness (QED) is 0.0311. The average molecular weight is 1110 g/mol. The standard InChI is InChI=1S/C75H100O3P2/c1-9-15-21-27-33-55-39-43-63-67(49-55)79(68-50-56(34-28-22-16-10-2)40-44-64(68)76-63)71-53-59(37-31-25-19-13-5)47-61-73(71)78-74-62(75(61,7)8)48-60(38-32-26-20-14-6)54-72(74)80-69-51-57(35-29-23-17-11-3)41-45-65(69)77-66-46-42-58(52-70(66)80)36-30-24-18-12-4/h39-54H,9-38H2,1-8H3. The molecule has 80 heavy (non-hydrogen) atoms. The first-order chi connectivity index (χ1) is 39.2. The fraction of sp³-hybridized carbons (Fsp3) is 0.520. The Bertz CT molecular complexity index is 2650. The number of benzene rings is 6. The Morgan fingerprint density at radius 2 is 0.525 bits per heavy atom. The highest BCUT2D eigenvalue weighted by Crippen LogP contribution is 2.57. The summed E-state index contributed by atoms with van der Waals surface area (Å²) in [5, 5.41) is 8.10. The fourth-order valence-electron chi connectivity index (χ4n) is 12.8. The molecule has 3 nitrogen and oxygen atoms in total. The van der Waals surface area contributed by atoms with Crippen LogP contribution in [-0.2, 0) is 43.9 Å². The number of ether oxygens (including phenoxy) is 3. The van der Waals surface area contributed by atoms with Crippen LogP contribution in [-0.4, -0.2) is 0 Å². The van der Waals surface area contributed by atoms with Gasteiger partial charge < -0.3 is 14.2 Å². The maximum Gasteiger partial charge on any atom is 0.139 e. The van der Waals surface area contributed by atoms with Gasteiger partial charge >= 0.3 is 0 Å². The molecule has 3 aliphatic rings. The first-order valence-electron chi connectivity index (χ1n) is 32.7. The Morgan fingerprint density at radius 3 is 0.787 bits per heavy atom. The number of aryl methyl sites for hydroxylation is 6. The predicted molar refractivity (Wildman–Crippen MR) is 350 cm³/mol. The molecule has 0 bridgehead atoms. The lowest BCUT2D eigenvalue weighted by molar-refractivity contribution is 0.424. The zero-order valence-corrected chi connectivity index (χ0v) is 52.9. The largest absolute Gasteiger partial charge is 0.456 e. The van der Waals surface area contributed by atoms with E-state index in [9.17, 15) is 0 Å². The molecular weight excluding hydrogens is 1010 g/mol. The molecule has 0 spiro atoms. The first-order valence-corrected chi connectivity index (χ1v) is 35.4. The number of rotatable bonds is 32. The van der Waals surface area contributed by atoms with Crippen LogP contribution in [0.5, 0.6) is 34.5 Å². The lowest BCUT2D eigenvalue weighted by Crippen LogP contribution is -2.35. The van der Waals surface area contributed by atoms with Crippen molar-refractivity contribution in [3.63, 3.8) is 0 Å². The van der Waals surface area contributed by atoms with Crippen LogP contribution in [0.2, 0.25) is 0 Å². The van der Waals surface area contributed by atoms with Crippen molar-refractivity contribution in [2.24, 2.45) is 0 Å². The van der Waals surface area contributed by atoms with E-state index in [2.05, 4.69) is 152 Å². The second-order valence-electron chi connectivity index (χ2n) is 24.7. The van der Waals surface area contributed by atoms with Crippen LogP contribution in [0.3, 0.4) is 0 Å². The highest BCUT2D eigenvalue weighted by Gasteiger charge is 2.43. The van der Waals surface area contributed by atoms with Gasteiger partial charge in [0.15, 0.2) is 0 Å². The van der Waals surface area contributed by atoms with Gasteiger partial charge in [-0.2, -0.15) is 0 Å². The van der Waals surface area contributed by atoms with E-state index in [1.807, 2.05) is 0 Å². The van der Waals surface area contributed by atoms with Crippen molar-refractivity contribution in [2.75, 3.05) is 0 Å². The van der Waals surface area contributed by atoms with Crippen LogP contribution in [0.4, 0.5) is 0 Å². The van der Waals surface area contributed by atoms with Crippen molar-refractivity contribution in [3.8, 4) is 34.5 Å². The summed E-state index contributed by atoms with van der Waals surface area (Å²) in [5.74, 6) is 6.22. The molecule has 0 saturated heterocycles. The topological polar surface area (TPSA) is 27.7 Å². The van der Waals surface area contributed by atoms with Gasteiger partial charge in [0.25, 0.3) is 0 Å². The fourth-order valence-corrected chi connectivity index (χ4v) is 18.3. The van der Waals surface area contributed by atoms with Gasteiger partial charge in [-0.1, -0.05) is 207 Å². The van der Waals surface area contributed by atoms with Gasteiger partial charge in [0, 0.05) is 48.4 Å². The summed E-state index contributed by atoms with van der Waals surface area (Å²) in [5.41, 5.74) is 10.9. The Labute approximate surface area is 488 Å². The van der Waals surface area contributed by atoms with Crippen molar-refractivity contribution in [1.29, 1.82) is 0 Å². The maximum atomic E-state index is 8.18. The third-order valence-corrected chi connectivity index (χ3v) is 22.7. The molecular formula is C75H100O3P2. The molecule has 0 atom stereocenters. The zero-order valence-electron chi connectivity index (χ0n) is 51.1. The molecule has 3 aliphatic heterocycles. The molecule has 0 aromatic heterocycles. The summed E-state index contributed by atoms with van der Waals surface area (Å²) >= 11 is 0. The predicted octanol–water partition coefficient (Wildman–Crippen LogP) is 20.6. The maximum absolute atomic E-state index is 8.18. The van der Waals surface area contributed by atoms with Crippen LogP contribution in [0.25, 0.3) is 0 Å². The van der Waals surface area contributed by atoms with Crippen LogP contribution in [0.15, 0.2) is 97.1 Å². The molecule has 0 amide bonds. The molecule has 3 heterocycles. The van der Waals surface area contributed by atoms with Crippen LogP contribution in [0, 0.1) is 0 Å². The summed E-state index contributed by atoms with van der Waals surface area (Å²) in [6.07, 6.45) is 36.5. The van der Waals surface area contributed by atoms with Gasteiger partial charge in [-0.15, -0.1) is 0 Å². The molecule has 0 aliphatic carbocycles. The van der Waals surface area contributed by atoms with Gasteiger partial charge in [-0.25, -0.2) is 0 Å². The monoisotopic (exact) mass is 1110 g/mol. The molecule has 0 unspecified atom stereocenters. The normalized spacial score (nSPS) is 14.1. The van der Waals surface area contributed by atoms with Crippen molar-refractivity contribution in [1.82, 2.24) is 0 Å². The third kappa shape index (κ3) is 14.5. The number of unbranched alkanes of at least 4 members (excludes halogenated alkanes) is 18. The summed E-state index contributed by atoms with van der Waals surface area (Å²) in [6, 6.07) is 39.3. The highest BCUT2D eigenvalue weighted by atomic mass is 31.1. The minimum Gasteiger partial charge on any atom is -0.456 e. The summed E-state index contributed by atoms with van der Waals surface area (Å²) in [4.78, 5) is 0. The smallest absolute Gasteiger partial charge is 0.139 e. The summed E-state index contributed by atoms with van der Waals surface area (Å²) in [6.45, 7) is 19.0. The van der Waals surface area contributed by atoms with Crippen molar-refractivity contribution in [2.45, 2.75) is 253 Å². The number of hydrogen-bond acceptors (Lipinski definition) is 3. The van der Waals surface area contributed by atoms with E-state index in [-0.39, 0.29) is 5.41 Å². The Balaban J connectivity index is 1.27. The van der Waals surface area contributed by atoms with Crippen molar-refractivity contribution >= 4 is 47.7 Å². The molecule has 6 aromatic rings. The van der Waals surface area contributed by atoms with Gasteiger partial charge in [0.1, 0.15) is 34.5 Å². The van der Waals surface area contributed by atoms with E-state index in [1.54, 1.807) is 0 Å². The first kappa shape index (κ1) is 60.2. The van der Waals surface area contributed by atoms with Crippen LogP contribution < -0.4 is 46.0 Å². The van der Waals surface area contributed by atoms with E-state index in [0.717, 1.165) is 73.0 Å². The molecule has 0 saturated carbocycles. The van der Waals surface area contributed by atoms with Crippen molar-refractivity contribution in [3.05, 3.63) is 142 Å². The Kier molecular flexibility index (Phi) is 22.3. The summed E-state index contributed by atoms with van der Waals surface area (Å²) in [7, 11) is -2.15. The molecule has 9 rings (SSSR count). The molecule has 428 valence electrons. The minimum atomic E-state index is -1.08. The van der Waals surface area contributed by atoms with Gasteiger partial charge in [0.2, 0.25) is 0 Å². The molecule has 0 N–H and O–H groups in total. The Hall–Kier alpha value is -4.42.